The summed E-state index contributed by atoms with van der Waals surface area (Å²) in [7, 11) is 0. The van der Waals surface area contributed by atoms with Gasteiger partial charge in [0.2, 0.25) is 11.8 Å². The third-order valence-electron chi connectivity index (χ3n) is 3.62. The maximum atomic E-state index is 12.4. The molecule has 7 heteroatoms. The van der Waals surface area contributed by atoms with Gasteiger partial charge in [-0.1, -0.05) is 30.3 Å². The fourth-order valence-electron chi connectivity index (χ4n) is 2.42. The average Bonchev–Trinajstić information content (AvgIpc) is 3.09. The maximum absolute atomic E-state index is 12.4. The van der Waals surface area contributed by atoms with Crippen molar-refractivity contribution in [2.45, 2.75) is 19.1 Å². The molecule has 0 radical (unpaired) electrons. The molecule has 2 aromatic rings. The molecular formula is C16H17N3O3S. The summed E-state index contributed by atoms with van der Waals surface area (Å²) in [6, 6.07) is 9.01. The van der Waals surface area contributed by atoms with Gasteiger partial charge >= 0.3 is 0 Å². The molecule has 1 atom stereocenters. The van der Waals surface area contributed by atoms with Crippen molar-refractivity contribution < 1.29 is 14.3 Å². The Morgan fingerprint density at radius 1 is 1.39 bits per heavy atom. The van der Waals surface area contributed by atoms with Gasteiger partial charge in [-0.15, -0.1) is 11.3 Å². The van der Waals surface area contributed by atoms with E-state index in [0.29, 0.717) is 13.1 Å². The highest BCUT2D eigenvalue weighted by Crippen LogP contribution is 2.14. The van der Waals surface area contributed by atoms with Crippen LogP contribution in [0.4, 0.5) is 0 Å². The van der Waals surface area contributed by atoms with Gasteiger partial charge in [0, 0.05) is 11.9 Å². The number of thiazole rings is 1. The van der Waals surface area contributed by atoms with Gasteiger partial charge in [0.15, 0.2) is 0 Å². The summed E-state index contributed by atoms with van der Waals surface area (Å²) in [4.78, 5) is 30.3. The molecule has 0 saturated carbocycles. The third kappa shape index (κ3) is 3.94. The van der Waals surface area contributed by atoms with E-state index in [4.69, 9.17) is 4.74 Å². The Balaban J connectivity index is 1.67. The molecular weight excluding hydrogens is 314 g/mol. The van der Waals surface area contributed by atoms with Crippen molar-refractivity contribution >= 4 is 23.2 Å². The molecule has 2 heterocycles. The van der Waals surface area contributed by atoms with Gasteiger partial charge in [-0.25, -0.2) is 4.98 Å². The summed E-state index contributed by atoms with van der Waals surface area (Å²) in [5, 5.41) is 4.70. The lowest BCUT2D eigenvalue weighted by Gasteiger charge is -2.34. The normalized spacial score (nSPS) is 18.0. The highest BCUT2D eigenvalue weighted by Gasteiger charge is 2.33. The molecule has 3 rings (SSSR count). The molecule has 0 spiro atoms. The molecule has 1 aliphatic rings. The number of nitrogens with one attached hydrogen (secondary N) is 1. The van der Waals surface area contributed by atoms with Crippen LogP contribution in [-0.2, 0) is 27.4 Å². The minimum Gasteiger partial charge on any atom is -0.369 e. The molecule has 1 fully saturated rings. The number of nitrogens with zero attached hydrogens (tertiary/aromatic N) is 2. The van der Waals surface area contributed by atoms with Gasteiger partial charge in [0.25, 0.3) is 0 Å². The molecule has 23 heavy (non-hydrogen) atoms. The van der Waals surface area contributed by atoms with E-state index < -0.39 is 6.04 Å². The summed E-state index contributed by atoms with van der Waals surface area (Å²) in [5.74, 6) is -0.393. The lowest BCUT2D eigenvalue weighted by Crippen LogP contribution is -2.55. The Hall–Kier alpha value is -2.25. The van der Waals surface area contributed by atoms with Crippen LogP contribution in [0.2, 0.25) is 0 Å². The zero-order valence-corrected chi connectivity index (χ0v) is 13.3. The van der Waals surface area contributed by atoms with Crippen molar-refractivity contribution in [1.29, 1.82) is 0 Å². The molecule has 1 aromatic heterocycles. The van der Waals surface area contributed by atoms with E-state index in [2.05, 4.69) is 10.3 Å². The molecule has 2 amide bonds. The smallest absolute Gasteiger partial charge is 0.249 e. The SMILES string of the molecule is O=C(NCc1cscn1)[C@@H]1COCC(=O)N1Cc1ccccc1. The molecule has 1 saturated heterocycles. The summed E-state index contributed by atoms with van der Waals surface area (Å²) >= 11 is 1.48. The quantitative estimate of drug-likeness (QED) is 0.893. The topological polar surface area (TPSA) is 71.5 Å². The van der Waals surface area contributed by atoms with Crippen molar-refractivity contribution in [2.24, 2.45) is 0 Å². The zero-order chi connectivity index (χ0) is 16.1. The minimum absolute atomic E-state index is 0.0166. The Kier molecular flexibility index (Phi) is 4.99. The van der Waals surface area contributed by atoms with E-state index in [9.17, 15) is 9.59 Å². The number of benzene rings is 1. The Labute approximate surface area is 138 Å². The number of aromatic nitrogens is 1. The van der Waals surface area contributed by atoms with Crippen LogP contribution in [0.5, 0.6) is 0 Å². The lowest BCUT2D eigenvalue weighted by molar-refractivity contribution is -0.155. The molecule has 120 valence electrons. The molecule has 0 bridgehead atoms. The van der Waals surface area contributed by atoms with Gasteiger partial charge in [-0.3, -0.25) is 9.59 Å². The predicted octanol–water partition coefficient (Wildman–Crippen LogP) is 1.19. The first-order chi connectivity index (χ1) is 11.2. The summed E-state index contributed by atoms with van der Waals surface area (Å²) in [6.07, 6.45) is 0. The number of amides is 2. The number of carbonyl (C=O) groups excluding carboxylic acids is 2. The zero-order valence-electron chi connectivity index (χ0n) is 12.5. The van der Waals surface area contributed by atoms with E-state index in [0.717, 1.165) is 11.3 Å². The first-order valence-electron chi connectivity index (χ1n) is 7.30. The molecule has 0 unspecified atom stereocenters. The maximum Gasteiger partial charge on any atom is 0.249 e. The monoisotopic (exact) mass is 331 g/mol. The minimum atomic E-state index is -0.616. The van der Waals surface area contributed by atoms with Crippen molar-refractivity contribution in [3.63, 3.8) is 0 Å². The van der Waals surface area contributed by atoms with Crippen LogP contribution in [0.3, 0.4) is 0 Å². The summed E-state index contributed by atoms with van der Waals surface area (Å²) in [6.45, 7) is 0.980. The highest BCUT2D eigenvalue weighted by atomic mass is 32.1. The van der Waals surface area contributed by atoms with Crippen LogP contribution in [-0.4, -0.2) is 41.0 Å². The van der Waals surface area contributed by atoms with E-state index in [1.165, 1.54) is 11.3 Å². The van der Waals surface area contributed by atoms with Gasteiger partial charge < -0.3 is 15.0 Å². The van der Waals surface area contributed by atoms with Crippen LogP contribution in [0.15, 0.2) is 41.2 Å². The second-order valence-electron chi connectivity index (χ2n) is 5.24. The highest BCUT2D eigenvalue weighted by molar-refractivity contribution is 7.07. The van der Waals surface area contributed by atoms with E-state index in [1.807, 2.05) is 35.7 Å². The second-order valence-corrected chi connectivity index (χ2v) is 5.95. The van der Waals surface area contributed by atoms with Gasteiger partial charge in [-0.2, -0.15) is 0 Å². The van der Waals surface area contributed by atoms with Crippen molar-refractivity contribution in [3.05, 3.63) is 52.5 Å². The van der Waals surface area contributed by atoms with Crippen molar-refractivity contribution in [3.8, 4) is 0 Å². The van der Waals surface area contributed by atoms with Crippen LogP contribution >= 0.6 is 11.3 Å². The number of morpholine rings is 1. The van der Waals surface area contributed by atoms with E-state index in [-0.39, 0.29) is 25.0 Å². The first-order valence-corrected chi connectivity index (χ1v) is 8.24. The van der Waals surface area contributed by atoms with Crippen LogP contribution in [0, 0.1) is 0 Å². The van der Waals surface area contributed by atoms with Gasteiger partial charge in [0.1, 0.15) is 12.6 Å². The third-order valence-corrected chi connectivity index (χ3v) is 4.26. The fourth-order valence-corrected chi connectivity index (χ4v) is 2.98. The molecule has 1 N–H and O–H groups in total. The molecule has 1 aromatic carbocycles. The number of ether oxygens (including phenoxy) is 1. The van der Waals surface area contributed by atoms with Crippen molar-refractivity contribution in [1.82, 2.24) is 15.2 Å². The van der Waals surface area contributed by atoms with Crippen LogP contribution < -0.4 is 5.32 Å². The van der Waals surface area contributed by atoms with Crippen LogP contribution in [0.1, 0.15) is 11.3 Å². The lowest BCUT2D eigenvalue weighted by atomic mass is 10.1. The van der Waals surface area contributed by atoms with Gasteiger partial charge in [0.05, 0.1) is 24.4 Å². The second kappa shape index (κ2) is 7.34. The molecule has 0 aliphatic carbocycles. The standard InChI is InChI=1S/C16H17N3O3S/c20-15-9-22-8-14(16(21)17-6-13-10-23-11-18-13)19(15)7-12-4-2-1-3-5-12/h1-5,10-11,14H,6-9H2,(H,17,21)/t14-/m0/s1. The molecule has 1 aliphatic heterocycles. The largest absolute Gasteiger partial charge is 0.369 e. The Bertz CT molecular complexity index is 660. The molecule has 6 nitrogen and oxygen atoms in total. The Morgan fingerprint density at radius 3 is 2.96 bits per heavy atom. The number of hydrogen-bond donors (Lipinski definition) is 1. The summed E-state index contributed by atoms with van der Waals surface area (Å²) in [5.41, 5.74) is 3.51. The summed E-state index contributed by atoms with van der Waals surface area (Å²) < 4.78 is 5.25. The predicted molar refractivity (Wildman–Crippen MR) is 85.6 cm³/mol. The van der Waals surface area contributed by atoms with Crippen molar-refractivity contribution in [2.75, 3.05) is 13.2 Å². The first kappa shape index (κ1) is 15.6. The van der Waals surface area contributed by atoms with Crippen LogP contribution in [0.25, 0.3) is 0 Å². The van der Waals surface area contributed by atoms with E-state index >= 15 is 0 Å². The van der Waals surface area contributed by atoms with E-state index in [1.54, 1.807) is 10.4 Å². The number of carbonyl (C=O) groups is 2. The average molecular weight is 331 g/mol. The fraction of sp³-hybridized carbons (Fsp3) is 0.312. The Morgan fingerprint density at radius 2 is 2.22 bits per heavy atom. The van der Waals surface area contributed by atoms with Gasteiger partial charge in [-0.05, 0) is 5.56 Å². The number of rotatable bonds is 5. The number of hydrogen-bond acceptors (Lipinski definition) is 5.